The third-order valence-electron chi connectivity index (χ3n) is 2.96. The molecule has 0 aromatic heterocycles. The lowest BCUT2D eigenvalue weighted by atomic mass is 10.1. The Morgan fingerprint density at radius 2 is 2.38 bits per heavy atom. The quantitative estimate of drug-likeness (QED) is 0.745. The number of nitrogens with one attached hydrogen (secondary N) is 1. The summed E-state index contributed by atoms with van der Waals surface area (Å²) in [6, 6.07) is 5.29. The molecule has 1 aromatic rings. The van der Waals surface area contributed by atoms with Crippen LogP contribution in [0.25, 0.3) is 0 Å². The van der Waals surface area contributed by atoms with Gasteiger partial charge in [-0.15, -0.1) is 0 Å². The molecule has 0 spiro atoms. The van der Waals surface area contributed by atoms with Gasteiger partial charge < -0.3 is 15.0 Å². The number of anilines is 2. The van der Waals surface area contributed by atoms with Gasteiger partial charge in [-0.25, -0.2) is 0 Å². The van der Waals surface area contributed by atoms with Crippen LogP contribution in [0.3, 0.4) is 0 Å². The molecule has 2 aliphatic rings. The van der Waals surface area contributed by atoms with Crippen molar-refractivity contribution in [2.75, 3.05) is 30.0 Å². The Kier molecular flexibility index (Phi) is 2.26. The Morgan fingerprint density at radius 3 is 3.25 bits per heavy atom. The molecule has 5 heteroatoms. The number of halogens is 1. The summed E-state index contributed by atoms with van der Waals surface area (Å²) >= 11 is 6.18. The third kappa shape index (κ3) is 1.37. The van der Waals surface area contributed by atoms with E-state index in [4.69, 9.17) is 16.3 Å². The highest BCUT2D eigenvalue weighted by Crippen LogP contribution is 2.38. The molecule has 0 bridgehead atoms. The molecular weight excluding hydrogens is 228 g/mol. The first-order valence-corrected chi connectivity index (χ1v) is 5.59. The van der Waals surface area contributed by atoms with Gasteiger partial charge in [0.25, 0.3) is 0 Å². The van der Waals surface area contributed by atoms with E-state index in [0.29, 0.717) is 24.8 Å². The number of amides is 1. The number of hydrogen-bond donors (Lipinski definition) is 1. The number of hydrogen-bond acceptors (Lipinski definition) is 3. The maximum atomic E-state index is 11.8. The first-order chi connectivity index (χ1) is 7.77. The predicted molar refractivity (Wildman–Crippen MR) is 62.0 cm³/mol. The third-order valence-corrected chi connectivity index (χ3v) is 3.27. The number of rotatable bonds is 0. The Morgan fingerprint density at radius 1 is 1.50 bits per heavy atom. The van der Waals surface area contributed by atoms with Crippen molar-refractivity contribution in [3.05, 3.63) is 23.2 Å². The van der Waals surface area contributed by atoms with Crippen molar-refractivity contribution >= 4 is 28.9 Å². The van der Waals surface area contributed by atoms with Crippen molar-refractivity contribution in [2.45, 2.75) is 6.04 Å². The first kappa shape index (κ1) is 9.93. The van der Waals surface area contributed by atoms with E-state index in [2.05, 4.69) is 5.32 Å². The minimum Gasteiger partial charge on any atom is -0.377 e. The molecule has 16 heavy (non-hydrogen) atoms. The fourth-order valence-electron chi connectivity index (χ4n) is 2.21. The van der Waals surface area contributed by atoms with Crippen LogP contribution in [0.1, 0.15) is 0 Å². The van der Waals surface area contributed by atoms with Gasteiger partial charge in [-0.05, 0) is 12.1 Å². The van der Waals surface area contributed by atoms with Gasteiger partial charge in [0.05, 0.1) is 29.6 Å². The molecule has 2 aliphatic heterocycles. The molecule has 2 heterocycles. The second-order valence-electron chi connectivity index (χ2n) is 3.91. The van der Waals surface area contributed by atoms with Crippen molar-refractivity contribution in [3.8, 4) is 0 Å². The average Bonchev–Trinajstić information content (AvgIpc) is 2.29. The lowest BCUT2D eigenvalue weighted by Crippen LogP contribution is -2.55. The Hall–Kier alpha value is -1.26. The van der Waals surface area contributed by atoms with Crippen LogP contribution in [0.4, 0.5) is 11.4 Å². The Bertz CT molecular complexity index is 450. The maximum Gasteiger partial charge on any atom is 0.249 e. The number of nitrogens with zero attached hydrogens (tertiary/aromatic N) is 1. The summed E-state index contributed by atoms with van der Waals surface area (Å²) in [6.45, 7) is 1.76. The minimum absolute atomic E-state index is 0.0190. The minimum atomic E-state index is -0.249. The molecular formula is C11H11ClN2O2. The topological polar surface area (TPSA) is 41.6 Å². The molecule has 1 N–H and O–H groups in total. The zero-order valence-corrected chi connectivity index (χ0v) is 9.33. The van der Waals surface area contributed by atoms with Gasteiger partial charge in [-0.3, -0.25) is 4.79 Å². The van der Waals surface area contributed by atoms with Crippen molar-refractivity contribution in [1.29, 1.82) is 0 Å². The van der Waals surface area contributed by atoms with Gasteiger partial charge in [0.2, 0.25) is 5.91 Å². The van der Waals surface area contributed by atoms with Gasteiger partial charge in [-0.1, -0.05) is 17.7 Å². The summed E-state index contributed by atoms with van der Waals surface area (Å²) in [6.07, 6.45) is 0. The molecule has 1 atom stereocenters. The Labute approximate surface area is 98.1 Å². The highest BCUT2D eigenvalue weighted by molar-refractivity contribution is 6.34. The molecule has 0 radical (unpaired) electrons. The van der Waals surface area contributed by atoms with Crippen LogP contribution in [0.5, 0.6) is 0 Å². The predicted octanol–water partition coefficient (Wildman–Crippen LogP) is 1.50. The van der Waals surface area contributed by atoms with Crippen LogP contribution in [-0.4, -0.2) is 31.7 Å². The summed E-state index contributed by atoms with van der Waals surface area (Å²) in [4.78, 5) is 13.9. The second kappa shape index (κ2) is 3.64. The first-order valence-electron chi connectivity index (χ1n) is 5.21. The van der Waals surface area contributed by atoms with Crippen LogP contribution >= 0.6 is 11.6 Å². The molecule has 1 fully saturated rings. The van der Waals surface area contributed by atoms with Gasteiger partial charge in [0.15, 0.2) is 0 Å². The second-order valence-corrected chi connectivity index (χ2v) is 4.32. The fourth-order valence-corrected chi connectivity index (χ4v) is 2.50. The van der Waals surface area contributed by atoms with Crippen LogP contribution in [-0.2, 0) is 9.53 Å². The average molecular weight is 239 g/mol. The molecule has 1 aromatic carbocycles. The van der Waals surface area contributed by atoms with Crippen molar-refractivity contribution in [2.24, 2.45) is 0 Å². The largest absolute Gasteiger partial charge is 0.377 e. The molecule has 3 rings (SSSR count). The van der Waals surface area contributed by atoms with Gasteiger partial charge >= 0.3 is 0 Å². The summed E-state index contributed by atoms with van der Waals surface area (Å²) in [5.74, 6) is -0.0190. The lowest BCUT2D eigenvalue weighted by Gasteiger charge is -2.41. The summed E-state index contributed by atoms with van der Waals surface area (Å²) in [7, 11) is 0. The zero-order chi connectivity index (χ0) is 11.1. The fraction of sp³-hybridized carbons (Fsp3) is 0.364. The number of para-hydroxylation sites is 1. The van der Waals surface area contributed by atoms with Crippen LogP contribution in [0.2, 0.25) is 5.02 Å². The van der Waals surface area contributed by atoms with Crippen LogP contribution in [0.15, 0.2) is 18.2 Å². The number of carbonyl (C=O) groups excluding carboxylic acids is 1. The summed E-state index contributed by atoms with van der Waals surface area (Å²) in [5, 5.41) is 3.53. The number of benzene rings is 1. The molecule has 1 saturated heterocycles. The van der Waals surface area contributed by atoms with Gasteiger partial charge in [0, 0.05) is 6.54 Å². The highest BCUT2D eigenvalue weighted by Gasteiger charge is 2.36. The van der Waals surface area contributed by atoms with E-state index >= 15 is 0 Å². The highest BCUT2D eigenvalue weighted by atomic mass is 35.5. The van der Waals surface area contributed by atoms with Crippen molar-refractivity contribution < 1.29 is 9.53 Å². The zero-order valence-electron chi connectivity index (χ0n) is 8.57. The maximum absolute atomic E-state index is 11.8. The van der Waals surface area contributed by atoms with E-state index in [9.17, 15) is 4.79 Å². The van der Waals surface area contributed by atoms with Crippen LogP contribution in [0, 0.1) is 0 Å². The van der Waals surface area contributed by atoms with Crippen LogP contribution < -0.4 is 10.2 Å². The van der Waals surface area contributed by atoms with E-state index in [1.165, 1.54) is 0 Å². The van der Waals surface area contributed by atoms with Gasteiger partial charge in [0.1, 0.15) is 6.04 Å². The number of morpholine rings is 1. The molecule has 4 nitrogen and oxygen atoms in total. The normalized spacial score (nSPS) is 23.4. The summed E-state index contributed by atoms with van der Waals surface area (Å²) < 4.78 is 5.32. The molecule has 1 unspecified atom stereocenters. The molecule has 0 aliphatic carbocycles. The van der Waals surface area contributed by atoms with E-state index in [1.54, 1.807) is 0 Å². The summed E-state index contributed by atoms with van der Waals surface area (Å²) in [5.41, 5.74) is 1.70. The smallest absolute Gasteiger partial charge is 0.249 e. The Balaban J connectivity index is 2.11. The molecule has 1 amide bonds. The lowest BCUT2D eigenvalue weighted by molar-refractivity contribution is -0.119. The standard InChI is InChI=1S/C11H11ClN2O2/c12-7-2-1-3-8-10(7)14-4-5-16-6-9(14)11(15)13-8/h1-3,9H,4-6H2,(H,13,15). The SMILES string of the molecule is O=C1Nc2cccc(Cl)c2N2CCOCC12. The van der Waals surface area contributed by atoms with Gasteiger partial charge in [-0.2, -0.15) is 0 Å². The monoisotopic (exact) mass is 238 g/mol. The molecule has 84 valence electrons. The number of fused-ring (bicyclic) bond motifs is 3. The van der Waals surface area contributed by atoms with Crippen molar-refractivity contribution in [1.82, 2.24) is 0 Å². The van der Waals surface area contributed by atoms with E-state index in [1.807, 2.05) is 23.1 Å². The number of carbonyl (C=O) groups is 1. The number of ether oxygens (including phenoxy) is 1. The molecule has 0 saturated carbocycles. The van der Waals surface area contributed by atoms with Crippen molar-refractivity contribution in [3.63, 3.8) is 0 Å². The van der Waals surface area contributed by atoms with E-state index < -0.39 is 0 Å². The van der Waals surface area contributed by atoms with E-state index in [0.717, 1.165) is 11.4 Å². The van der Waals surface area contributed by atoms with E-state index in [-0.39, 0.29) is 11.9 Å².